The maximum Gasteiger partial charge on any atom is 0.0543 e. The number of allylic oxidation sites excluding steroid dienone is 2. The van der Waals surface area contributed by atoms with Crippen LogP contribution in [0.5, 0.6) is 0 Å². The third-order valence-electron chi connectivity index (χ3n) is 9.03. The van der Waals surface area contributed by atoms with E-state index in [4.69, 9.17) is 0 Å². The Labute approximate surface area is 142 Å². The van der Waals surface area contributed by atoms with Crippen LogP contribution in [0, 0.1) is 34.5 Å². The molecule has 4 aliphatic carbocycles. The second-order valence-electron chi connectivity index (χ2n) is 10.1. The zero-order valence-electron chi connectivity index (χ0n) is 15.7. The number of aliphatic hydroxyl groups is 1. The fraction of sp³-hybridized carbons (Fsp3) is 0.909. The molecule has 4 fully saturated rings. The third kappa shape index (κ3) is 2.21. The lowest BCUT2D eigenvalue weighted by Gasteiger charge is -2.60. The average molecular weight is 317 g/mol. The molecule has 0 saturated heterocycles. The van der Waals surface area contributed by atoms with Gasteiger partial charge in [0.1, 0.15) is 0 Å². The van der Waals surface area contributed by atoms with E-state index in [1.54, 1.807) is 5.57 Å². The molecule has 0 radical (unpaired) electrons. The van der Waals surface area contributed by atoms with Gasteiger partial charge in [-0.15, -0.1) is 0 Å². The minimum Gasteiger partial charge on any atom is -0.393 e. The largest absolute Gasteiger partial charge is 0.393 e. The normalized spacial score (nSPS) is 52.6. The first-order valence-corrected chi connectivity index (χ1v) is 10.2. The van der Waals surface area contributed by atoms with Crippen molar-refractivity contribution in [2.75, 3.05) is 0 Å². The highest BCUT2D eigenvalue weighted by atomic mass is 16.3. The van der Waals surface area contributed by atoms with Crippen LogP contribution in [0.4, 0.5) is 0 Å². The minimum atomic E-state index is -0.0118. The quantitative estimate of drug-likeness (QED) is 0.566. The Morgan fingerprint density at radius 2 is 1.74 bits per heavy atom. The highest BCUT2D eigenvalue weighted by molar-refractivity contribution is 5.27. The highest BCUT2D eigenvalue weighted by Crippen LogP contribution is 2.67. The summed E-state index contributed by atoms with van der Waals surface area (Å²) in [6.45, 7) is 9.88. The van der Waals surface area contributed by atoms with Gasteiger partial charge in [0.15, 0.2) is 0 Å². The number of fused-ring (bicyclic) bond motifs is 5. The lowest BCUT2D eigenvalue weighted by atomic mass is 9.45. The van der Waals surface area contributed by atoms with Crippen molar-refractivity contribution < 1.29 is 5.11 Å². The molecule has 23 heavy (non-hydrogen) atoms. The van der Waals surface area contributed by atoms with E-state index in [-0.39, 0.29) is 6.10 Å². The van der Waals surface area contributed by atoms with Crippen molar-refractivity contribution in [3.8, 4) is 0 Å². The van der Waals surface area contributed by atoms with E-state index in [9.17, 15) is 5.11 Å². The Morgan fingerprint density at radius 3 is 2.48 bits per heavy atom. The van der Waals surface area contributed by atoms with Gasteiger partial charge in [-0.3, -0.25) is 0 Å². The zero-order valence-corrected chi connectivity index (χ0v) is 15.7. The summed E-state index contributed by atoms with van der Waals surface area (Å²) in [4.78, 5) is 0. The first-order valence-electron chi connectivity index (χ1n) is 10.2. The Hall–Kier alpha value is -0.300. The molecule has 1 N–H and O–H groups in total. The summed E-state index contributed by atoms with van der Waals surface area (Å²) in [6.07, 6.45) is 11.9. The second kappa shape index (κ2) is 5.35. The summed E-state index contributed by atoms with van der Waals surface area (Å²) in [5.74, 6) is 3.63. The van der Waals surface area contributed by atoms with Crippen LogP contribution >= 0.6 is 0 Å². The van der Waals surface area contributed by atoms with Gasteiger partial charge in [0.25, 0.3) is 0 Å². The van der Waals surface area contributed by atoms with Gasteiger partial charge in [0.2, 0.25) is 0 Å². The third-order valence-corrected chi connectivity index (χ3v) is 9.03. The molecule has 1 nitrogen and oxygen atoms in total. The summed E-state index contributed by atoms with van der Waals surface area (Å²) in [5, 5.41) is 10.1. The molecule has 0 amide bonds. The van der Waals surface area contributed by atoms with Crippen LogP contribution in [0.25, 0.3) is 0 Å². The topological polar surface area (TPSA) is 20.2 Å². The molecule has 0 aromatic heterocycles. The molecule has 0 aromatic carbocycles. The number of hydrogen-bond donors (Lipinski definition) is 1. The van der Waals surface area contributed by atoms with Crippen LogP contribution in [-0.2, 0) is 0 Å². The van der Waals surface area contributed by atoms with E-state index < -0.39 is 0 Å². The molecular formula is C22H36O. The summed E-state index contributed by atoms with van der Waals surface area (Å²) >= 11 is 0. The summed E-state index contributed by atoms with van der Waals surface area (Å²) in [7, 11) is 0. The summed E-state index contributed by atoms with van der Waals surface area (Å²) in [5.41, 5.74) is 4.45. The molecule has 0 bridgehead atoms. The van der Waals surface area contributed by atoms with Crippen molar-refractivity contribution in [2.45, 2.75) is 91.6 Å². The van der Waals surface area contributed by atoms with Gasteiger partial charge in [0, 0.05) is 0 Å². The lowest BCUT2D eigenvalue weighted by Crippen LogP contribution is -2.53. The molecule has 0 spiro atoms. The Morgan fingerprint density at radius 1 is 0.957 bits per heavy atom. The van der Waals surface area contributed by atoms with Crippen molar-refractivity contribution in [3.63, 3.8) is 0 Å². The van der Waals surface area contributed by atoms with E-state index in [1.165, 1.54) is 44.9 Å². The van der Waals surface area contributed by atoms with Crippen molar-refractivity contribution in [1.82, 2.24) is 0 Å². The average Bonchev–Trinajstić information content (AvgIpc) is 2.85. The fourth-order valence-corrected chi connectivity index (χ4v) is 7.87. The molecule has 4 aliphatic rings. The van der Waals surface area contributed by atoms with E-state index in [2.05, 4.69) is 27.7 Å². The predicted octanol–water partition coefficient (Wildman–Crippen LogP) is 5.73. The van der Waals surface area contributed by atoms with E-state index in [1.807, 2.05) is 5.57 Å². The number of aliphatic hydroxyl groups excluding tert-OH is 1. The van der Waals surface area contributed by atoms with E-state index >= 15 is 0 Å². The van der Waals surface area contributed by atoms with Gasteiger partial charge >= 0.3 is 0 Å². The smallest absolute Gasteiger partial charge is 0.0543 e. The molecule has 1 heteroatoms. The monoisotopic (exact) mass is 316 g/mol. The lowest BCUT2D eigenvalue weighted by molar-refractivity contribution is -0.116. The van der Waals surface area contributed by atoms with Crippen molar-refractivity contribution in [1.29, 1.82) is 0 Å². The van der Waals surface area contributed by atoms with Crippen molar-refractivity contribution >= 4 is 0 Å². The maximum atomic E-state index is 10.1. The molecule has 7 atom stereocenters. The first-order chi connectivity index (χ1) is 10.9. The van der Waals surface area contributed by atoms with E-state index in [0.29, 0.717) is 10.8 Å². The fourth-order valence-electron chi connectivity index (χ4n) is 7.87. The van der Waals surface area contributed by atoms with Crippen LogP contribution in [-0.4, -0.2) is 11.2 Å². The SMILES string of the molecule is CC(C)=C1CCC2C3CCC4C[C@@H](O)CCC4(C)C3CC[C@]12C. The summed E-state index contributed by atoms with van der Waals surface area (Å²) in [6, 6.07) is 0. The predicted molar refractivity (Wildman–Crippen MR) is 96.1 cm³/mol. The molecule has 0 heterocycles. The van der Waals surface area contributed by atoms with Crippen LogP contribution in [0.15, 0.2) is 11.1 Å². The van der Waals surface area contributed by atoms with Gasteiger partial charge in [-0.1, -0.05) is 25.0 Å². The van der Waals surface area contributed by atoms with Crippen LogP contribution in [0.3, 0.4) is 0 Å². The molecule has 0 aromatic rings. The van der Waals surface area contributed by atoms with E-state index in [0.717, 1.165) is 36.5 Å². The molecule has 4 rings (SSSR count). The van der Waals surface area contributed by atoms with Gasteiger partial charge in [-0.05, 0) is 106 Å². The van der Waals surface area contributed by atoms with Crippen LogP contribution < -0.4 is 0 Å². The number of hydrogen-bond acceptors (Lipinski definition) is 1. The Bertz CT molecular complexity index is 516. The van der Waals surface area contributed by atoms with Crippen LogP contribution in [0.1, 0.15) is 85.5 Å². The van der Waals surface area contributed by atoms with Gasteiger partial charge < -0.3 is 5.11 Å². The van der Waals surface area contributed by atoms with Gasteiger partial charge in [-0.2, -0.15) is 0 Å². The molecule has 130 valence electrons. The minimum absolute atomic E-state index is 0.0118. The molecule has 5 unspecified atom stereocenters. The van der Waals surface area contributed by atoms with Crippen molar-refractivity contribution in [3.05, 3.63) is 11.1 Å². The highest BCUT2D eigenvalue weighted by Gasteiger charge is 2.58. The standard InChI is InChI=1S/C22H36O/c1-14(2)18-7-8-19-17-6-5-15-13-16(23)9-11-21(15,3)20(17)10-12-22(18,19)4/h15-17,19-20,23H,5-13H2,1-4H3/t15?,16-,17?,19?,20?,21?,22+/m0/s1. The number of rotatable bonds is 0. The summed E-state index contributed by atoms with van der Waals surface area (Å²) < 4.78 is 0. The zero-order chi connectivity index (χ0) is 16.4. The van der Waals surface area contributed by atoms with Gasteiger partial charge in [0.05, 0.1) is 6.10 Å². The molecular weight excluding hydrogens is 280 g/mol. The Balaban J connectivity index is 1.64. The molecule has 4 saturated carbocycles. The maximum absolute atomic E-state index is 10.1. The molecule has 0 aliphatic heterocycles. The second-order valence-corrected chi connectivity index (χ2v) is 10.1. The first kappa shape index (κ1) is 16.2. The van der Waals surface area contributed by atoms with Crippen molar-refractivity contribution in [2.24, 2.45) is 34.5 Å². The van der Waals surface area contributed by atoms with Gasteiger partial charge in [-0.25, -0.2) is 0 Å². The van der Waals surface area contributed by atoms with Crippen LogP contribution in [0.2, 0.25) is 0 Å². The Kier molecular flexibility index (Phi) is 3.76.